The molecular weight excluding hydrogens is 342 g/mol. The average molecular weight is 366 g/mol. The number of carbonyl (C=O) groups excluding carboxylic acids is 1. The van der Waals surface area contributed by atoms with Gasteiger partial charge in [-0.25, -0.2) is 4.98 Å². The highest BCUT2D eigenvalue weighted by Gasteiger charge is 2.20. The highest BCUT2D eigenvalue weighted by molar-refractivity contribution is 7.09. The fourth-order valence-corrected chi connectivity index (χ4v) is 3.57. The van der Waals surface area contributed by atoms with E-state index >= 15 is 0 Å². The van der Waals surface area contributed by atoms with Crippen LogP contribution in [0.3, 0.4) is 0 Å². The zero-order valence-corrected chi connectivity index (χ0v) is 15.9. The van der Waals surface area contributed by atoms with Crippen molar-refractivity contribution >= 4 is 17.2 Å². The Hall–Kier alpha value is -2.53. The van der Waals surface area contributed by atoms with Crippen molar-refractivity contribution in [3.63, 3.8) is 0 Å². The monoisotopic (exact) mass is 365 g/mol. The summed E-state index contributed by atoms with van der Waals surface area (Å²) in [5, 5.41) is 2.83. The van der Waals surface area contributed by atoms with E-state index in [2.05, 4.69) is 35.9 Å². The van der Waals surface area contributed by atoms with Gasteiger partial charge in [0.05, 0.1) is 17.2 Å². The van der Waals surface area contributed by atoms with Crippen molar-refractivity contribution in [2.75, 3.05) is 6.54 Å². The summed E-state index contributed by atoms with van der Waals surface area (Å²) in [5.41, 5.74) is 2.62. The second-order valence-electron chi connectivity index (χ2n) is 6.69. The third-order valence-electron chi connectivity index (χ3n) is 3.92. The van der Waals surface area contributed by atoms with Gasteiger partial charge >= 0.3 is 0 Å². The van der Waals surface area contributed by atoms with Crippen LogP contribution in [0, 0.1) is 5.92 Å². The molecule has 2 aromatic heterocycles. The third-order valence-corrected chi connectivity index (χ3v) is 4.77. The molecule has 3 rings (SSSR count). The lowest BCUT2D eigenvalue weighted by atomic mass is 10.2. The molecule has 0 spiro atoms. The predicted molar refractivity (Wildman–Crippen MR) is 105 cm³/mol. The number of nitrogens with zero attached hydrogens (tertiary/aromatic N) is 3. The Bertz CT molecular complexity index is 831. The molecule has 5 heteroatoms. The summed E-state index contributed by atoms with van der Waals surface area (Å²) in [6.07, 6.45) is 2.51. The summed E-state index contributed by atoms with van der Waals surface area (Å²) in [6.45, 7) is 5.41. The van der Waals surface area contributed by atoms with Crippen LogP contribution in [0.5, 0.6) is 0 Å². The number of thiazole rings is 1. The first-order valence-electron chi connectivity index (χ1n) is 8.79. The number of carbonyl (C=O) groups is 1. The predicted octanol–water partition coefficient (Wildman–Crippen LogP) is 4.43. The number of rotatable bonds is 7. The Labute approximate surface area is 158 Å². The van der Waals surface area contributed by atoms with E-state index in [-0.39, 0.29) is 5.91 Å². The van der Waals surface area contributed by atoms with Crippen molar-refractivity contribution in [1.82, 2.24) is 14.9 Å². The molecule has 0 saturated heterocycles. The van der Waals surface area contributed by atoms with E-state index in [0.717, 1.165) is 17.1 Å². The van der Waals surface area contributed by atoms with Crippen LogP contribution < -0.4 is 0 Å². The minimum absolute atomic E-state index is 0.0279. The summed E-state index contributed by atoms with van der Waals surface area (Å²) in [4.78, 5) is 23.8. The molecule has 0 saturated carbocycles. The summed E-state index contributed by atoms with van der Waals surface area (Å²) < 4.78 is 0. The lowest BCUT2D eigenvalue weighted by Gasteiger charge is -2.23. The van der Waals surface area contributed by atoms with Gasteiger partial charge in [-0.15, -0.1) is 11.3 Å². The van der Waals surface area contributed by atoms with Gasteiger partial charge in [-0.1, -0.05) is 50.2 Å². The molecule has 0 aliphatic rings. The summed E-state index contributed by atoms with van der Waals surface area (Å²) in [7, 11) is 0. The number of amides is 1. The quantitative estimate of drug-likeness (QED) is 0.622. The maximum atomic E-state index is 13.0. The number of pyridine rings is 1. The Morgan fingerprint density at radius 3 is 2.58 bits per heavy atom. The van der Waals surface area contributed by atoms with E-state index in [4.69, 9.17) is 0 Å². The fraction of sp³-hybridized carbons (Fsp3) is 0.286. The minimum Gasteiger partial charge on any atom is -0.331 e. The van der Waals surface area contributed by atoms with Gasteiger partial charge in [0.15, 0.2) is 0 Å². The van der Waals surface area contributed by atoms with E-state index in [1.807, 2.05) is 46.7 Å². The van der Waals surface area contributed by atoms with Crippen LogP contribution in [-0.4, -0.2) is 27.3 Å². The Balaban J connectivity index is 1.74. The first-order chi connectivity index (χ1) is 12.6. The molecule has 0 N–H and O–H groups in total. The number of benzene rings is 1. The van der Waals surface area contributed by atoms with E-state index < -0.39 is 0 Å². The maximum absolute atomic E-state index is 13.0. The SMILES string of the molecule is CC(C)CN(Cc1ccccn1)C(=O)c1csc(Cc2ccccc2)n1. The lowest BCUT2D eigenvalue weighted by Crippen LogP contribution is -2.34. The second kappa shape index (κ2) is 8.72. The van der Waals surface area contributed by atoms with Crippen LogP contribution >= 0.6 is 11.3 Å². The van der Waals surface area contributed by atoms with Crippen molar-refractivity contribution in [1.29, 1.82) is 0 Å². The molecule has 0 fully saturated rings. The zero-order valence-electron chi connectivity index (χ0n) is 15.1. The number of hydrogen-bond acceptors (Lipinski definition) is 4. The summed E-state index contributed by atoms with van der Waals surface area (Å²) in [5.74, 6) is 0.352. The largest absolute Gasteiger partial charge is 0.331 e. The highest BCUT2D eigenvalue weighted by Crippen LogP contribution is 2.17. The van der Waals surface area contributed by atoms with E-state index in [0.29, 0.717) is 24.7 Å². The van der Waals surface area contributed by atoms with Crippen LogP contribution in [0.15, 0.2) is 60.1 Å². The summed E-state index contributed by atoms with van der Waals surface area (Å²) >= 11 is 1.54. The van der Waals surface area contributed by atoms with E-state index in [1.165, 1.54) is 5.56 Å². The normalized spacial score (nSPS) is 10.9. The van der Waals surface area contributed by atoms with Crippen LogP contribution in [0.4, 0.5) is 0 Å². The molecule has 4 nitrogen and oxygen atoms in total. The van der Waals surface area contributed by atoms with Gasteiger partial charge in [0.1, 0.15) is 5.69 Å². The fourth-order valence-electron chi connectivity index (χ4n) is 2.77. The Morgan fingerprint density at radius 1 is 1.12 bits per heavy atom. The topological polar surface area (TPSA) is 46.1 Å². The highest BCUT2D eigenvalue weighted by atomic mass is 32.1. The lowest BCUT2D eigenvalue weighted by molar-refractivity contribution is 0.0715. The molecule has 1 aromatic carbocycles. The molecule has 26 heavy (non-hydrogen) atoms. The second-order valence-corrected chi connectivity index (χ2v) is 7.63. The van der Waals surface area contributed by atoms with Gasteiger partial charge in [0.25, 0.3) is 5.91 Å². The maximum Gasteiger partial charge on any atom is 0.273 e. The van der Waals surface area contributed by atoms with Gasteiger partial charge in [0.2, 0.25) is 0 Å². The van der Waals surface area contributed by atoms with Gasteiger partial charge in [-0.3, -0.25) is 9.78 Å². The van der Waals surface area contributed by atoms with Crippen LogP contribution in [0.1, 0.15) is 40.6 Å². The molecule has 3 aromatic rings. The van der Waals surface area contributed by atoms with Crippen molar-refractivity contribution in [3.8, 4) is 0 Å². The molecule has 1 amide bonds. The minimum atomic E-state index is -0.0279. The van der Waals surface area contributed by atoms with Gasteiger partial charge in [-0.05, 0) is 23.6 Å². The van der Waals surface area contributed by atoms with Gasteiger partial charge < -0.3 is 4.90 Å². The van der Waals surface area contributed by atoms with Gasteiger partial charge in [0, 0.05) is 24.5 Å². The standard InChI is InChI=1S/C21H23N3OS/c1-16(2)13-24(14-18-10-6-7-11-22-18)21(25)19-15-26-20(23-19)12-17-8-4-3-5-9-17/h3-11,15-16H,12-14H2,1-2H3. The molecular formula is C21H23N3OS. The molecule has 134 valence electrons. The number of aromatic nitrogens is 2. The Morgan fingerprint density at radius 2 is 1.88 bits per heavy atom. The van der Waals surface area contributed by atoms with Crippen LogP contribution in [0.2, 0.25) is 0 Å². The van der Waals surface area contributed by atoms with Crippen LogP contribution in [0.25, 0.3) is 0 Å². The molecule has 0 unspecified atom stereocenters. The van der Waals surface area contributed by atoms with Gasteiger partial charge in [-0.2, -0.15) is 0 Å². The van der Waals surface area contributed by atoms with E-state index in [1.54, 1.807) is 17.5 Å². The molecule has 0 aliphatic carbocycles. The Kier molecular flexibility index (Phi) is 6.12. The van der Waals surface area contributed by atoms with Crippen molar-refractivity contribution in [2.45, 2.75) is 26.8 Å². The molecule has 2 heterocycles. The van der Waals surface area contributed by atoms with Crippen molar-refractivity contribution in [3.05, 3.63) is 82.1 Å². The van der Waals surface area contributed by atoms with E-state index in [9.17, 15) is 4.79 Å². The van der Waals surface area contributed by atoms with Crippen LogP contribution in [-0.2, 0) is 13.0 Å². The molecule has 0 atom stereocenters. The van der Waals surface area contributed by atoms with Crippen molar-refractivity contribution < 1.29 is 4.79 Å². The first kappa shape index (κ1) is 18.3. The number of hydrogen-bond donors (Lipinski definition) is 0. The summed E-state index contributed by atoms with van der Waals surface area (Å²) in [6, 6.07) is 16.0. The smallest absolute Gasteiger partial charge is 0.273 e. The molecule has 0 radical (unpaired) electrons. The van der Waals surface area contributed by atoms with Crippen molar-refractivity contribution in [2.24, 2.45) is 5.92 Å². The third kappa shape index (κ3) is 4.99. The zero-order chi connectivity index (χ0) is 18.4. The first-order valence-corrected chi connectivity index (χ1v) is 9.67. The average Bonchev–Trinajstić information content (AvgIpc) is 3.10. The molecule has 0 aliphatic heterocycles. The molecule has 0 bridgehead atoms.